The Labute approximate surface area is 177 Å². The van der Waals surface area contributed by atoms with Gasteiger partial charge in [-0.15, -0.1) is 0 Å². The minimum Gasteiger partial charge on any atom is -0.494 e. The lowest BCUT2D eigenvalue weighted by Crippen LogP contribution is -2.47. The van der Waals surface area contributed by atoms with Crippen molar-refractivity contribution in [2.45, 2.75) is 26.3 Å². The van der Waals surface area contributed by atoms with E-state index in [2.05, 4.69) is 46.2 Å². The largest absolute Gasteiger partial charge is 0.494 e. The fraction of sp³-hybridized carbons (Fsp3) is 0.565. The molecule has 2 bridgehead atoms. The van der Waals surface area contributed by atoms with Gasteiger partial charge in [-0.2, -0.15) is 0 Å². The van der Waals surface area contributed by atoms with Crippen molar-refractivity contribution in [3.63, 3.8) is 0 Å². The SMILES string of the molecule is CCOc1ccc(CN2CCN(CC3CC4C=CC3C4)CC2)cc1.O=C(O)C(=O)O. The predicted molar refractivity (Wildman–Crippen MR) is 113 cm³/mol. The zero-order chi connectivity index (χ0) is 21.5. The molecule has 3 unspecified atom stereocenters. The molecule has 2 N–H and O–H groups in total. The molecule has 0 radical (unpaired) electrons. The molecule has 3 atom stereocenters. The van der Waals surface area contributed by atoms with Gasteiger partial charge in [-0.3, -0.25) is 4.90 Å². The van der Waals surface area contributed by atoms with E-state index in [1.54, 1.807) is 0 Å². The maximum absolute atomic E-state index is 9.10. The van der Waals surface area contributed by atoms with E-state index < -0.39 is 11.9 Å². The van der Waals surface area contributed by atoms with E-state index in [0.717, 1.165) is 36.7 Å². The van der Waals surface area contributed by atoms with Crippen molar-refractivity contribution in [3.8, 4) is 5.75 Å². The Morgan fingerprint density at radius 2 is 1.60 bits per heavy atom. The van der Waals surface area contributed by atoms with Crippen molar-refractivity contribution >= 4 is 11.9 Å². The lowest BCUT2D eigenvalue weighted by Gasteiger charge is -2.37. The van der Waals surface area contributed by atoms with Gasteiger partial charge in [0.15, 0.2) is 0 Å². The normalized spacial score (nSPS) is 25.6. The van der Waals surface area contributed by atoms with Crippen molar-refractivity contribution in [3.05, 3.63) is 42.0 Å². The van der Waals surface area contributed by atoms with Gasteiger partial charge in [0.2, 0.25) is 0 Å². The molecule has 0 spiro atoms. The monoisotopic (exact) mass is 416 g/mol. The van der Waals surface area contributed by atoms with Crippen LogP contribution in [-0.2, 0) is 16.1 Å². The highest BCUT2D eigenvalue weighted by molar-refractivity contribution is 6.27. The predicted octanol–water partition coefficient (Wildman–Crippen LogP) is 2.57. The number of aliphatic carboxylic acids is 2. The highest BCUT2D eigenvalue weighted by Gasteiger charge is 2.36. The van der Waals surface area contributed by atoms with Crippen molar-refractivity contribution < 1.29 is 24.5 Å². The Bertz CT molecular complexity index is 728. The molecular weight excluding hydrogens is 384 g/mol. The zero-order valence-electron chi connectivity index (χ0n) is 17.6. The third kappa shape index (κ3) is 6.31. The second-order valence-corrected chi connectivity index (χ2v) is 8.30. The fourth-order valence-electron chi connectivity index (χ4n) is 4.68. The van der Waals surface area contributed by atoms with Gasteiger partial charge in [-0.1, -0.05) is 24.3 Å². The number of benzene rings is 1. The Hall–Kier alpha value is -2.38. The van der Waals surface area contributed by atoms with E-state index in [0.29, 0.717) is 0 Å². The van der Waals surface area contributed by atoms with Crippen LogP contribution in [0.25, 0.3) is 0 Å². The number of carbonyl (C=O) groups is 2. The van der Waals surface area contributed by atoms with Gasteiger partial charge in [-0.25, -0.2) is 9.59 Å². The van der Waals surface area contributed by atoms with Crippen LogP contribution in [0.3, 0.4) is 0 Å². The first-order chi connectivity index (χ1) is 14.4. The Morgan fingerprint density at radius 1 is 0.967 bits per heavy atom. The summed E-state index contributed by atoms with van der Waals surface area (Å²) < 4.78 is 5.52. The van der Waals surface area contributed by atoms with Gasteiger partial charge < -0.3 is 19.8 Å². The summed E-state index contributed by atoms with van der Waals surface area (Å²) in [5, 5.41) is 14.8. The highest BCUT2D eigenvalue weighted by Crippen LogP contribution is 2.43. The van der Waals surface area contributed by atoms with E-state index in [9.17, 15) is 0 Å². The van der Waals surface area contributed by atoms with Crippen LogP contribution in [0.2, 0.25) is 0 Å². The van der Waals surface area contributed by atoms with Crippen LogP contribution in [-0.4, -0.2) is 71.3 Å². The average molecular weight is 417 g/mol. The van der Waals surface area contributed by atoms with Gasteiger partial charge >= 0.3 is 11.9 Å². The highest BCUT2D eigenvalue weighted by atomic mass is 16.5. The summed E-state index contributed by atoms with van der Waals surface area (Å²) >= 11 is 0. The Morgan fingerprint density at radius 3 is 2.10 bits per heavy atom. The van der Waals surface area contributed by atoms with Crippen molar-refractivity contribution in [2.24, 2.45) is 17.8 Å². The summed E-state index contributed by atoms with van der Waals surface area (Å²) in [6.07, 6.45) is 7.81. The standard InChI is InChI=1S/C21H30N2O.C2H2O4/c1-2-24-21-7-4-17(5-8-21)15-22-9-11-23(12-10-22)16-20-14-18-3-6-19(20)13-18;3-1(4)2(5)6/h3-8,18-20H,2,9-16H2,1H3;(H,3,4)(H,5,6). The molecule has 2 aliphatic carbocycles. The Balaban J connectivity index is 0.000000377. The maximum Gasteiger partial charge on any atom is 0.414 e. The first kappa shape index (κ1) is 22.3. The van der Waals surface area contributed by atoms with Crippen LogP contribution in [0.15, 0.2) is 36.4 Å². The number of hydrogen-bond donors (Lipinski definition) is 2. The summed E-state index contributed by atoms with van der Waals surface area (Å²) in [5.41, 5.74) is 1.39. The smallest absolute Gasteiger partial charge is 0.414 e. The van der Waals surface area contributed by atoms with Gasteiger partial charge in [0.25, 0.3) is 0 Å². The molecule has 164 valence electrons. The number of hydrogen-bond acceptors (Lipinski definition) is 5. The number of nitrogens with zero attached hydrogens (tertiary/aromatic N) is 2. The molecule has 1 aromatic rings. The summed E-state index contributed by atoms with van der Waals surface area (Å²) in [6.45, 7) is 10.0. The molecular formula is C23H32N2O5. The molecule has 1 aliphatic heterocycles. The van der Waals surface area contributed by atoms with Gasteiger partial charge in [-0.05, 0) is 55.2 Å². The molecule has 0 aromatic heterocycles. The van der Waals surface area contributed by atoms with Crippen LogP contribution in [0.1, 0.15) is 25.3 Å². The summed E-state index contributed by atoms with van der Waals surface area (Å²) in [5.74, 6) is 0.0477. The number of carboxylic acid groups (broad SMARTS) is 2. The molecule has 30 heavy (non-hydrogen) atoms. The van der Waals surface area contributed by atoms with Gasteiger partial charge in [0.1, 0.15) is 5.75 Å². The van der Waals surface area contributed by atoms with E-state index in [-0.39, 0.29) is 0 Å². The maximum atomic E-state index is 9.10. The molecule has 4 rings (SSSR count). The second-order valence-electron chi connectivity index (χ2n) is 8.30. The van der Waals surface area contributed by atoms with Gasteiger partial charge in [0, 0.05) is 39.3 Å². The minimum absolute atomic E-state index is 0.736. The lowest BCUT2D eigenvalue weighted by molar-refractivity contribution is -0.159. The molecule has 0 amide bonds. The first-order valence-electron chi connectivity index (χ1n) is 10.8. The van der Waals surface area contributed by atoms with Crippen LogP contribution in [0, 0.1) is 17.8 Å². The number of rotatable bonds is 6. The summed E-state index contributed by atoms with van der Waals surface area (Å²) in [6, 6.07) is 8.60. The molecule has 1 heterocycles. The molecule has 7 nitrogen and oxygen atoms in total. The fourth-order valence-corrected chi connectivity index (χ4v) is 4.68. The molecule has 3 aliphatic rings. The van der Waals surface area contributed by atoms with Crippen LogP contribution >= 0.6 is 0 Å². The summed E-state index contributed by atoms with van der Waals surface area (Å²) in [4.78, 5) is 23.5. The topological polar surface area (TPSA) is 90.3 Å². The van der Waals surface area contributed by atoms with E-state index >= 15 is 0 Å². The minimum atomic E-state index is -1.82. The molecule has 1 saturated heterocycles. The average Bonchev–Trinajstić information content (AvgIpc) is 3.35. The van der Waals surface area contributed by atoms with E-state index in [1.807, 2.05) is 6.92 Å². The quantitative estimate of drug-likeness (QED) is 0.544. The molecule has 7 heteroatoms. The van der Waals surface area contributed by atoms with Crippen molar-refractivity contribution in [1.82, 2.24) is 9.80 Å². The van der Waals surface area contributed by atoms with E-state index in [1.165, 1.54) is 51.1 Å². The first-order valence-corrected chi connectivity index (χ1v) is 10.8. The summed E-state index contributed by atoms with van der Waals surface area (Å²) in [7, 11) is 0. The number of carboxylic acids is 2. The second kappa shape index (κ2) is 10.6. The van der Waals surface area contributed by atoms with Crippen LogP contribution in [0.5, 0.6) is 5.75 Å². The number of fused-ring (bicyclic) bond motifs is 2. The molecule has 2 fully saturated rings. The zero-order valence-corrected chi connectivity index (χ0v) is 17.6. The van der Waals surface area contributed by atoms with Crippen LogP contribution in [0.4, 0.5) is 0 Å². The molecule has 1 aromatic carbocycles. The number of allylic oxidation sites excluding steroid dienone is 2. The van der Waals surface area contributed by atoms with Crippen molar-refractivity contribution in [1.29, 1.82) is 0 Å². The van der Waals surface area contributed by atoms with Gasteiger partial charge in [0.05, 0.1) is 6.61 Å². The Kier molecular flexibility index (Phi) is 7.87. The van der Waals surface area contributed by atoms with Crippen molar-refractivity contribution in [2.75, 3.05) is 39.3 Å². The number of ether oxygens (including phenoxy) is 1. The van der Waals surface area contributed by atoms with E-state index in [4.69, 9.17) is 24.5 Å². The third-order valence-electron chi connectivity index (χ3n) is 6.20. The third-order valence-corrected chi connectivity index (χ3v) is 6.20. The lowest BCUT2D eigenvalue weighted by atomic mass is 9.93. The number of piperazine rings is 1. The molecule has 1 saturated carbocycles. The van der Waals surface area contributed by atoms with Crippen LogP contribution < -0.4 is 4.74 Å².